The van der Waals surface area contributed by atoms with Crippen molar-refractivity contribution in [2.75, 3.05) is 11.8 Å². The van der Waals surface area contributed by atoms with Crippen molar-refractivity contribution in [1.82, 2.24) is 0 Å². The summed E-state index contributed by atoms with van der Waals surface area (Å²) in [5.41, 5.74) is 1.89. The van der Waals surface area contributed by atoms with Crippen LogP contribution in [0.3, 0.4) is 0 Å². The molecule has 0 atom stereocenters. The van der Waals surface area contributed by atoms with Crippen LogP contribution in [0.25, 0.3) is 11.1 Å². The van der Waals surface area contributed by atoms with Crippen LogP contribution in [0.5, 0.6) is 11.5 Å². The summed E-state index contributed by atoms with van der Waals surface area (Å²) in [6.45, 7) is 0. The Morgan fingerprint density at radius 2 is 1.85 bits per heavy atom. The minimum Gasteiger partial charge on any atom is -0.505 e. The van der Waals surface area contributed by atoms with Gasteiger partial charge in [0.15, 0.2) is 5.75 Å². The molecule has 0 heterocycles. The first-order valence-electron chi connectivity index (χ1n) is 7.59. The van der Waals surface area contributed by atoms with Crippen LogP contribution in [-0.4, -0.2) is 20.6 Å². The standard InChI is InChI=1S/C19H13Cl2NO4S/c1-26-17-9-13(12-5-3-2-4-6-12)7-8-16(17)22-27(24,25)18-11-14(20)10-15(21)19(18)23/h3,5-11,22-23H,1H3. The van der Waals surface area contributed by atoms with Gasteiger partial charge in [-0.3, -0.25) is 4.72 Å². The number of phenolic OH excluding ortho intramolecular Hbond substituents is 1. The van der Waals surface area contributed by atoms with Crippen molar-refractivity contribution >= 4 is 38.9 Å². The monoisotopic (exact) mass is 421 g/mol. The average Bonchev–Trinajstić information content (AvgIpc) is 2.65. The fourth-order valence-corrected chi connectivity index (χ4v) is 4.26. The minimum absolute atomic E-state index is 0.0811. The van der Waals surface area contributed by atoms with E-state index in [2.05, 4.69) is 16.9 Å². The number of aromatic hydroxyl groups is 1. The summed E-state index contributed by atoms with van der Waals surface area (Å²) in [6.07, 6.45) is 0. The van der Waals surface area contributed by atoms with Crippen LogP contribution < -0.4 is 9.46 Å². The molecule has 5 nitrogen and oxygen atoms in total. The number of halogens is 2. The van der Waals surface area contributed by atoms with Crippen molar-refractivity contribution in [3.63, 3.8) is 0 Å². The normalized spacial score (nSPS) is 10.9. The fourth-order valence-electron chi connectivity index (χ4n) is 2.43. The van der Waals surface area contributed by atoms with Crippen LogP contribution >= 0.6 is 23.2 Å². The van der Waals surface area contributed by atoms with E-state index in [4.69, 9.17) is 27.9 Å². The van der Waals surface area contributed by atoms with Gasteiger partial charge in [0, 0.05) is 5.02 Å². The Morgan fingerprint density at radius 1 is 1.07 bits per heavy atom. The maximum atomic E-state index is 12.7. The summed E-state index contributed by atoms with van der Waals surface area (Å²) in [6, 6.07) is 18.3. The SMILES string of the molecule is COc1cc(-c2cc#ccc2)ccc1NS(=O)(=O)c1cc(Cl)cc(Cl)c1O. The highest BCUT2D eigenvalue weighted by Gasteiger charge is 2.23. The van der Waals surface area contributed by atoms with Gasteiger partial charge in [-0.05, 0) is 53.6 Å². The van der Waals surface area contributed by atoms with Gasteiger partial charge in [-0.1, -0.05) is 41.4 Å². The van der Waals surface area contributed by atoms with E-state index in [1.807, 2.05) is 6.07 Å². The molecule has 0 bridgehead atoms. The van der Waals surface area contributed by atoms with Gasteiger partial charge in [0.2, 0.25) is 0 Å². The Morgan fingerprint density at radius 3 is 2.52 bits per heavy atom. The molecule has 138 valence electrons. The zero-order valence-corrected chi connectivity index (χ0v) is 16.3. The van der Waals surface area contributed by atoms with Crippen LogP contribution in [0.1, 0.15) is 0 Å². The molecule has 0 spiro atoms. The van der Waals surface area contributed by atoms with E-state index in [0.29, 0.717) is 5.75 Å². The van der Waals surface area contributed by atoms with E-state index >= 15 is 0 Å². The second-order valence-electron chi connectivity index (χ2n) is 5.48. The number of hydrogen-bond donors (Lipinski definition) is 2. The molecule has 3 aromatic carbocycles. The average molecular weight is 422 g/mol. The Balaban J connectivity index is 2.00. The number of nitrogens with one attached hydrogen (secondary N) is 1. The van der Waals surface area contributed by atoms with Crippen LogP contribution in [0.4, 0.5) is 5.69 Å². The van der Waals surface area contributed by atoms with Crippen LogP contribution in [-0.2, 0) is 10.0 Å². The van der Waals surface area contributed by atoms with Gasteiger partial charge >= 0.3 is 0 Å². The largest absolute Gasteiger partial charge is 0.505 e. The first-order chi connectivity index (χ1) is 12.8. The molecule has 0 fully saturated rings. The molecular weight excluding hydrogens is 409 g/mol. The van der Waals surface area contributed by atoms with Crippen LogP contribution in [0.2, 0.25) is 10.0 Å². The van der Waals surface area contributed by atoms with Crippen molar-refractivity contribution in [2.45, 2.75) is 4.90 Å². The zero-order chi connectivity index (χ0) is 19.6. The topological polar surface area (TPSA) is 75.6 Å². The second-order valence-corrected chi connectivity index (χ2v) is 7.97. The first kappa shape index (κ1) is 19.2. The Kier molecular flexibility index (Phi) is 5.38. The van der Waals surface area contributed by atoms with Crippen molar-refractivity contribution in [3.8, 4) is 22.6 Å². The van der Waals surface area contributed by atoms with E-state index in [0.717, 1.165) is 17.2 Å². The Hall–Kier alpha value is -2.59. The van der Waals surface area contributed by atoms with E-state index in [1.165, 1.54) is 13.2 Å². The number of sulfonamides is 1. The Bertz CT molecular complexity index is 1090. The van der Waals surface area contributed by atoms with E-state index in [9.17, 15) is 13.5 Å². The smallest absolute Gasteiger partial charge is 0.265 e. The molecule has 0 aliphatic carbocycles. The maximum Gasteiger partial charge on any atom is 0.265 e. The molecule has 0 aliphatic heterocycles. The molecule has 0 radical (unpaired) electrons. The maximum absolute atomic E-state index is 12.7. The molecule has 2 N–H and O–H groups in total. The van der Waals surface area contributed by atoms with Crippen molar-refractivity contribution < 1.29 is 18.3 Å². The van der Waals surface area contributed by atoms with Crippen LogP contribution in [0, 0.1) is 12.1 Å². The van der Waals surface area contributed by atoms with Gasteiger partial charge in [-0.25, -0.2) is 8.42 Å². The predicted molar refractivity (Wildman–Crippen MR) is 105 cm³/mol. The number of methoxy groups -OCH3 is 1. The van der Waals surface area contributed by atoms with Gasteiger partial charge < -0.3 is 9.84 Å². The molecule has 3 rings (SSSR count). The molecule has 0 saturated carbocycles. The minimum atomic E-state index is -4.16. The number of hydrogen-bond acceptors (Lipinski definition) is 4. The van der Waals surface area contributed by atoms with Crippen molar-refractivity contribution in [2.24, 2.45) is 0 Å². The third kappa shape index (κ3) is 4.06. The molecule has 0 saturated heterocycles. The third-order valence-corrected chi connectivity index (χ3v) is 5.60. The number of phenols is 1. The number of rotatable bonds is 5. The summed E-state index contributed by atoms with van der Waals surface area (Å²) in [5, 5.41) is 9.92. The summed E-state index contributed by atoms with van der Waals surface area (Å²) < 4.78 is 33.1. The zero-order valence-electron chi connectivity index (χ0n) is 14.0. The van der Waals surface area contributed by atoms with Gasteiger partial charge in [-0.15, -0.1) is 0 Å². The summed E-state index contributed by atoms with van der Waals surface area (Å²) in [5.74, 6) is -0.281. The fraction of sp³-hybridized carbons (Fsp3) is 0.0526. The molecule has 0 aliphatic rings. The number of anilines is 1. The van der Waals surface area contributed by atoms with Crippen molar-refractivity contribution in [1.29, 1.82) is 0 Å². The summed E-state index contributed by atoms with van der Waals surface area (Å²) >= 11 is 11.7. The molecule has 27 heavy (non-hydrogen) atoms. The predicted octanol–water partition coefficient (Wildman–Crippen LogP) is 4.78. The van der Waals surface area contributed by atoms with E-state index in [1.54, 1.807) is 30.3 Å². The lowest BCUT2D eigenvalue weighted by atomic mass is 10.1. The molecule has 0 unspecified atom stereocenters. The first-order valence-corrected chi connectivity index (χ1v) is 9.83. The Labute approximate surface area is 167 Å². The van der Waals surface area contributed by atoms with Crippen molar-refractivity contribution in [3.05, 3.63) is 70.7 Å². The molecule has 3 aromatic rings. The van der Waals surface area contributed by atoms with E-state index < -0.39 is 20.7 Å². The molecule has 0 amide bonds. The van der Waals surface area contributed by atoms with Crippen LogP contribution in [0.15, 0.2) is 53.4 Å². The second kappa shape index (κ2) is 7.57. The quantitative estimate of drug-likeness (QED) is 0.621. The summed E-state index contributed by atoms with van der Waals surface area (Å²) in [4.78, 5) is -0.431. The highest BCUT2D eigenvalue weighted by Crippen LogP contribution is 2.37. The molecule has 0 aromatic heterocycles. The third-order valence-electron chi connectivity index (χ3n) is 3.72. The van der Waals surface area contributed by atoms with Gasteiger partial charge in [0.25, 0.3) is 10.0 Å². The van der Waals surface area contributed by atoms with Gasteiger partial charge in [0.05, 0.1) is 17.8 Å². The highest BCUT2D eigenvalue weighted by molar-refractivity contribution is 7.92. The lowest BCUT2D eigenvalue weighted by molar-refractivity contribution is 0.417. The molecular formula is C19H13Cl2NO4S. The molecule has 8 heteroatoms. The lowest BCUT2D eigenvalue weighted by Crippen LogP contribution is -2.14. The highest BCUT2D eigenvalue weighted by atomic mass is 35.5. The number of ether oxygens (including phenoxy) is 1. The van der Waals surface area contributed by atoms with E-state index in [-0.39, 0.29) is 15.7 Å². The summed E-state index contributed by atoms with van der Waals surface area (Å²) in [7, 11) is -2.73. The van der Waals surface area contributed by atoms with Gasteiger partial charge in [-0.2, -0.15) is 0 Å². The number of benzene rings is 2. The van der Waals surface area contributed by atoms with Gasteiger partial charge in [0.1, 0.15) is 10.6 Å². The lowest BCUT2D eigenvalue weighted by Gasteiger charge is -2.14.